The average Bonchev–Trinajstić information content (AvgIpc) is 2.96. The summed E-state index contributed by atoms with van der Waals surface area (Å²) in [6, 6.07) is 4.76. The number of nitrogens with zero attached hydrogens (tertiary/aromatic N) is 2. The fourth-order valence-corrected chi connectivity index (χ4v) is 4.11. The van der Waals surface area contributed by atoms with Crippen molar-refractivity contribution in [2.45, 2.75) is 25.0 Å². The molecule has 1 aromatic rings. The van der Waals surface area contributed by atoms with Gasteiger partial charge < -0.3 is 9.84 Å². The number of hydrogen-bond acceptors (Lipinski definition) is 4. The zero-order valence-electron chi connectivity index (χ0n) is 13.3. The average molecular weight is 354 g/mol. The number of halogens is 1. The molecule has 0 aromatic heterocycles. The lowest BCUT2D eigenvalue weighted by Gasteiger charge is -2.23. The molecule has 130 valence electrons. The third kappa shape index (κ3) is 3.28. The Morgan fingerprint density at radius 1 is 1.42 bits per heavy atom. The fourth-order valence-electron chi connectivity index (χ4n) is 3.01. The summed E-state index contributed by atoms with van der Waals surface area (Å²) in [7, 11) is 1.33. The molecule has 0 bridgehead atoms. The molecule has 0 saturated carbocycles. The first kappa shape index (κ1) is 16.9. The van der Waals surface area contributed by atoms with Crippen LogP contribution in [0.1, 0.15) is 24.3 Å². The summed E-state index contributed by atoms with van der Waals surface area (Å²) in [5.74, 6) is 1.96. The summed E-state index contributed by atoms with van der Waals surface area (Å²) in [4.78, 5) is 25.1. The van der Waals surface area contributed by atoms with Crippen LogP contribution in [-0.2, 0) is 4.74 Å². The van der Waals surface area contributed by atoms with Crippen molar-refractivity contribution in [1.29, 1.82) is 0 Å². The van der Waals surface area contributed by atoms with Crippen molar-refractivity contribution < 1.29 is 23.8 Å². The lowest BCUT2D eigenvalue weighted by Crippen LogP contribution is -2.38. The molecule has 0 radical (unpaired) electrons. The second-order valence-electron chi connectivity index (χ2n) is 5.93. The highest BCUT2D eigenvalue weighted by Crippen LogP contribution is 2.34. The number of ether oxygens (including phenoxy) is 1. The Labute approximate surface area is 143 Å². The van der Waals surface area contributed by atoms with Crippen LogP contribution in [0.25, 0.3) is 0 Å². The van der Waals surface area contributed by atoms with Crippen LogP contribution in [-0.4, -0.2) is 53.5 Å². The lowest BCUT2D eigenvalue weighted by atomic mass is 9.93. The minimum absolute atomic E-state index is 0.0422. The molecule has 2 heterocycles. The van der Waals surface area contributed by atoms with Crippen molar-refractivity contribution in [3.63, 3.8) is 0 Å². The first-order chi connectivity index (χ1) is 11.5. The summed E-state index contributed by atoms with van der Waals surface area (Å²) >= 11 is 1.88. The van der Waals surface area contributed by atoms with Gasteiger partial charge in [-0.3, -0.25) is 9.80 Å². The van der Waals surface area contributed by atoms with Crippen LogP contribution < -0.4 is 4.90 Å². The summed E-state index contributed by atoms with van der Waals surface area (Å²) in [6.07, 6.45) is -0.843. The topological polar surface area (TPSA) is 70.1 Å². The van der Waals surface area contributed by atoms with E-state index < -0.39 is 18.4 Å². The van der Waals surface area contributed by atoms with Crippen LogP contribution in [0, 0.1) is 5.82 Å². The molecule has 0 unspecified atom stereocenters. The molecule has 6 nitrogen and oxygen atoms in total. The van der Waals surface area contributed by atoms with Gasteiger partial charge in [0.1, 0.15) is 5.82 Å². The first-order valence-electron chi connectivity index (χ1n) is 7.78. The Bertz CT molecular complexity index is 651. The van der Waals surface area contributed by atoms with Gasteiger partial charge in [-0.25, -0.2) is 14.0 Å². The predicted octanol–water partition coefficient (Wildman–Crippen LogP) is 3.33. The van der Waals surface area contributed by atoms with Crippen LogP contribution in [0.3, 0.4) is 0 Å². The quantitative estimate of drug-likeness (QED) is 0.902. The number of anilines is 1. The highest BCUT2D eigenvalue weighted by atomic mass is 32.2. The number of benzene rings is 1. The minimum Gasteiger partial charge on any atom is -0.465 e. The number of amides is 2. The minimum atomic E-state index is -1.19. The van der Waals surface area contributed by atoms with Gasteiger partial charge in [-0.1, -0.05) is 6.07 Å². The van der Waals surface area contributed by atoms with Crippen molar-refractivity contribution >= 4 is 29.6 Å². The van der Waals surface area contributed by atoms with Gasteiger partial charge in [-0.15, -0.1) is 0 Å². The molecule has 2 amide bonds. The maximum Gasteiger partial charge on any atom is 0.416 e. The summed E-state index contributed by atoms with van der Waals surface area (Å²) < 4.78 is 19.6. The van der Waals surface area contributed by atoms with E-state index in [0.717, 1.165) is 29.2 Å². The molecule has 1 atom stereocenters. The van der Waals surface area contributed by atoms with E-state index in [1.54, 1.807) is 12.1 Å². The number of carbonyl (C=O) groups excluding carboxylic acids is 1. The third-order valence-electron chi connectivity index (χ3n) is 4.49. The van der Waals surface area contributed by atoms with Gasteiger partial charge in [0.05, 0.1) is 12.2 Å². The zero-order valence-corrected chi connectivity index (χ0v) is 14.1. The summed E-state index contributed by atoms with van der Waals surface area (Å²) in [5, 5.41) is 8.96. The van der Waals surface area contributed by atoms with Crippen molar-refractivity contribution in [1.82, 2.24) is 4.90 Å². The van der Waals surface area contributed by atoms with Gasteiger partial charge in [0.15, 0.2) is 6.23 Å². The zero-order chi connectivity index (χ0) is 17.3. The van der Waals surface area contributed by atoms with Crippen LogP contribution >= 0.6 is 11.8 Å². The van der Waals surface area contributed by atoms with E-state index in [4.69, 9.17) is 9.84 Å². The third-order valence-corrected chi connectivity index (χ3v) is 5.54. The molecule has 2 aliphatic rings. The molecule has 8 heteroatoms. The predicted molar refractivity (Wildman–Crippen MR) is 89.1 cm³/mol. The molecule has 24 heavy (non-hydrogen) atoms. The maximum absolute atomic E-state index is 14.5. The van der Waals surface area contributed by atoms with E-state index in [9.17, 15) is 14.0 Å². The van der Waals surface area contributed by atoms with Crippen molar-refractivity contribution in [3.8, 4) is 0 Å². The van der Waals surface area contributed by atoms with Crippen LogP contribution in [0.5, 0.6) is 0 Å². The Hall–Kier alpha value is -1.96. The highest BCUT2D eigenvalue weighted by Gasteiger charge is 2.37. The maximum atomic E-state index is 14.5. The number of cyclic esters (lactones) is 1. The second-order valence-corrected chi connectivity index (χ2v) is 7.16. The monoisotopic (exact) mass is 354 g/mol. The Balaban J connectivity index is 1.76. The van der Waals surface area contributed by atoms with E-state index in [1.807, 2.05) is 11.8 Å². The molecular weight excluding hydrogens is 335 g/mol. The van der Waals surface area contributed by atoms with E-state index in [-0.39, 0.29) is 18.3 Å². The molecule has 3 rings (SSSR count). The molecule has 1 N–H and O–H groups in total. The number of likely N-dealkylation sites (N-methyl/N-ethyl adjacent to an activating group) is 1. The van der Waals surface area contributed by atoms with Gasteiger partial charge in [0.25, 0.3) is 0 Å². The van der Waals surface area contributed by atoms with Gasteiger partial charge in [0, 0.05) is 7.05 Å². The summed E-state index contributed by atoms with van der Waals surface area (Å²) in [6.45, 7) is 0.0422. The Morgan fingerprint density at radius 2 is 2.12 bits per heavy atom. The van der Waals surface area contributed by atoms with Gasteiger partial charge in [-0.2, -0.15) is 11.8 Å². The molecular formula is C16H19FN2O4S. The summed E-state index contributed by atoms with van der Waals surface area (Å²) in [5.41, 5.74) is 1.07. The normalized spacial score (nSPS) is 21.7. The fraction of sp³-hybridized carbons (Fsp3) is 0.500. The molecule has 1 aromatic carbocycles. The van der Waals surface area contributed by atoms with E-state index in [2.05, 4.69) is 0 Å². The number of carboxylic acid groups (broad SMARTS) is 1. The van der Waals surface area contributed by atoms with Gasteiger partial charge in [0.2, 0.25) is 0 Å². The lowest BCUT2D eigenvalue weighted by molar-refractivity contribution is 0.0415. The van der Waals surface area contributed by atoms with Crippen LogP contribution in [0.2, 0.25) is 0 Å². The van der Waals surface area contributed by atoms with E-state index in [0.29, 0.717) is 11.3 Å². The highest BCUT2D eigenvalue weighted by molar-refractivity contribution is 7.99. The number of rotatable bonds is 3. The Kier molecular flexibility index (Phi) is 4.84. The van der Waals surface area contributed by atoms with Crippen LogP contribution in [0.4, 0.5) is 19.7 Å². The smallest absolute Gasteiger partial charge is 0.416 e. The number of carbonyl (C=O) groups is 2. The Morgan fingerprint density at radius 3 is 2.75 bits per heavy atom. The van der Waals surface area contributed by atoms with E-state index >= 15 is 0 Å². The molecule has 0 spiro atoms. The van der Waals surface area contributed by atoms with Crippen molar-refractivity contribution in [2.24, 2.45) is 0 Å². The van der Waals surface area contributed by atoms with Crippen molar-refractivity contribution in [3.05, 3.63) is 29.6 Å². The van der Waals surface area contributed by atoms with Gasteiger partial charge in [-0.05, 0) is 48.0 Å². The molecule has 2 saturated heterocycles. The first-order valence-corrected chi connectivity index (χ1v) is 8.94. The van der Waals surface area contributed by atoms with Crippen molar-refractivity contribution in [2.75, 3.05) is 30.0 Å². The standard InChI is InChI=1S/C16H19FN2O4S/c1-18(15(20)21)14-9-19(16(22)23-14)11-2-3-12(13(17)8-11)10-4-6-24-7-5-10/h2-3,8,10,14H,4-7,9H2,1H3,(H,20,21)/t14-/m0/s1. The SMILES string of the molecule is CN(C(=O)O)[C@@H]1CN(c2ccc(C3CCSCC3)c(F)c2)C(=O)O1. The molecule has 2 aliphatic heterocycles. The van der Waals surface area contributed by atoms with Crippen LogP contribution in [0.15, 0.2) is 18.2 Å². The number of thioether (sulfide) groups is 1. The number of hydrogen-bond donors (Lipinski definition) is 1. The molecule has 2 fully saturated rings. The largest absolute Gasteiger partial charge is 0.465 e. The second kappa shape index (κ2) is 6.88. The van der Waals surface area contributed by atoms with Gasteiger partial charge >= 0.3 is 12.2 Å². The molecule has 0 aliphatic carbocycles. The van der Waals surface area contributed by atoms with E-state index in [1.165, 1.54) is 18.0 Å².